The maximum atomic E-state index is 2.50. The van der Waals surface area contributed by atoms with Crippen molar-refractivity contribution >= 4 is 0 Å². The largest absolute Gasteiger partial charge is 0.0850 e. The average Bonchev–Trinajstić information content (AvgIpc) is 3.14. The molecule has 0 aliphatic heterocycles. The first-order valence-corrected chi connectivity index (χ1v) is 9.89. The Morgan fingerprint density at radius 2 is 1.24 bits per heavy atom. The SMILES string of the molecule is CC(C)CCCCCCCCCCCCCC=C1CC1C. The molecule has 1 atom stereocenters. The first-order chi connectivity index (χ1) is 10.2. The lowest BCUT2D eigenvalue weighted by atomic mass is 10.0. The fourth-order valence-corrected chi connectivity index (χ4v) is 3.15. The third-order valence-corrected chi connectivity index (χ3v) is 4.91. The van der Waals surface area contributed by atoms with Crippen LogP contribution in [0.5, 0.6) is 0 Å². The van der Waals surface area contributed by atoms with E-state index in [4.69, 9.17) is 0 Å². The average molecular weight is 293 g/mol. The van der Waals surface area contributed by atoms with Crippen molar-refractivity contribution in [2.24, 2.45) is 11.8 Å². The Morgan fingerprint density at radius 1 is 0.810 bits per heavy atom. The highest BCUT2D eigenvalue weighted by atomic mass is 14.3. The first-order valence-electron chi connectivity index (χ1n) is 9.89. The summed E-state index contributed by atoms with van der Waals surface area (Å²) in [5, 5.41) is 0. The molecule has 1 fully saturated rings. The molecule has 0 radical (unpaired) electrons. The molecule has 1 saturated carbocycles. The predicted octanol–water partition coefficient (Wildman–Crippen LogP) is 7.68. The Hall–Kier alpha value is -0.260. The summed E-state index contributed by atoms with van der Waals surface area (Å²) in [7, 11) is 0. The van der Waals surface area contributed by atoms with Gasteiger partial charge in [-0.2, -0.15) is 0 Å². The lowest BCUT2D eigenvalue weighted by molar-refractivity contribution is 0.504. The molecule has 0 N–H and O–H groups in total. The fourth-order valence-electron chi connectivity index (χ4n) is 3.15. The van der Waals surface area contributed by atoms with Crippen LogP contribution in [0.2, 0.25) is 0 Å². The van der Waals surface area contributed by atoms with Gasteiger partial charge >= 0.3 is 0 Å². The van der Waals surface area contributed by atoms with Crippen LogP contribution in [0.4, 0.5) is 0 Å². The molecule has 21 heavy (non-hydrogen) atoms. The lowest BCUT2D eigenvalue weighted by Gasteiger charge is -2.04. The zero-order valence-electron chi connectivity index (χ0n) is 15.1. The van der Waals surface area contributed by atoms with Crippen molar-refractivity contribution in [3.05, 3.63) is 11.6 Å². The van der Waals surface area contributed by atoms with E-state index in [-0.39, 0.29) is 0 Å². The minimum Gasteiger partial charge on any atom is -0.0850 e. The van der Waals surface area contributed by atoms with Gasteiger partial charge in [0.15, 0.2) is 0 Å². The second kappa shape index (κ2) is 12.3. The van der Waals surface area contributed by atoms with E-state index in [9.17, 15) is 0 Å². The molecular formula is C21H40. The van der Waals surface area contributed by atoms with E-state index >= 15 is 0 Å². The molecule has 0 amide bonds. The van der Waals surface area contributed by atoms with Crippen molar-refractivity contribution in [3.63, 3.8) is 0 Å². The highest BCUT2D eigenvalue weighted by molar-refractivity contribution is 5.21. The minimum atomic E-state index is 0.897. The van der Waals surface area contributed by atoms with Gasteiger partial charge in [0.05, 0.1) is 0 Å². The smallest absolute Gasteiger partial charge is 0.0194 e. The molecule has 0 saturated heterocycles. The van der Waals surface area contributed by atoms with Gasteiger partial charge in [0.2, 0.25) is 0 Å². The standard InChI is InChI=1S/C21H40/c1-19(2)16-14-12-10-8-6-4-5-7-9-11-13-15-17-21-18-20(21)3/h17,19-20H,4-16,18H2,1-3H3. The van der Waals surface area contributed by atoms with Crippen LogP contribution in [-0.2, 0) is 0 Å². The van der Waals surface area contributed by atoms with Crippen molar-refractivity contribution in [2.75, 3.05) is 0 Å². The molecule has 0 heteroatoms. The molecule has 0 aromatic rings. The Kier molecular flexibility index (Phi) is 11.0. The van der Waals surface area contributed by atoms with Gasteiger partial charge < -0.3 is 0 Å². The fraction of sp³-hybridized carbons (Fsp3) is 0.905. The number of allylic oxidation sites excluding steroid dienone is 2. The molecule has 1 aliphatic rings. The summed E-state index contributed by atoms with van der Waals surface area (Å²) in [6.45, 7) is 7.02. The zero-order valence-corrected chi connectivity index (χ0v) is 15.1. The van der Waals surface area contributed by atoms with Gasteiger partial charge in [0.25, 0.3) is 0 Å². The number of rotatable bonds is 14. The second-order valence-electron chi connectivity index (χ2n) is 7.74. The van der Waals surface area contributed by atoms with Crippen molar-refractivity contribution in [2.45, 2.75) is 111 Å². The molecule has 0 bridgehead atoms. The van der Waals surface area contributed by atoms with Crippen molar-refractivity contribution < 1.29 is 0 Å². The molecule has 0 aromatic carbocycles. The molecule has 0 spiro atoms. The molecule has 0 heterocycles. The quantitative estimate of drug-likeness (QED) is 0.227. The summed E-state index contributed by atoms with van der Waals surface area (Å²) in [5.74, 6) is 1.82. The van der Waals surface area contributed by atoms with Gasteiger partial charge in [0.1, 0.15) is 0 Å². The van der Waals surface area contributed by atoms with Gasteiger partial charge in [-0.25, -0.2) is 0 Å². The lowest BCUT2D eigenvalue weighted by Crippen LogP contribution is -1.87. The van der Waals surface area contributed by atoms with Gasteiger partial charge in [-0.15, -0.1) is 0 Å². The van der Waals surface area contributed by atoms with E-state index in [1.165, 1.54) is 89.9 Å². The van der Waals surface area contributed by atoms with Gasteiger partial charge in [-0.3, -0.25) is 0 Å². The summed E-state index contributed by atoms with van der Waals surface area (Å²) < 4.78 is 0. The van der Waals surface area contributed by atoms with Crippen molar-refractivity contribution in [1.82, 2.24) is 0 Å². The number of hydrogen-bond acceptors (Lipinski definition) is 0. The van der Waals surface area contributed by atoms with Crippen LogP contribution in [0.1, 0.15) is 111 Å². The van der Waals surface area contributed by atoms with Crippen molar-refractivity contribution in [3.8, 4) is 0 Å². The highest BCUT2D eigenvalue weighted by Crippen LogP contribution is 2.37. The van der Waals surface area contributed by atoms with Crippen LogP contribution in [0, 0.1) is 11.8 Å². The van der Waals surface area contributed by atoms with Crippen LogP contribution in [0.15, 0.2) is 11.6 Å². The van der Waals surface area contributed by atoms with Crippen LogP contribution in [-0.4, -0.2) is 0 Å². The summed E-state index contributed by atoms with van der Waals surface area (Å²) >= 11 is 0. The molecule has 0 nitrogen and oxygen atoms in total. The second-order valence-corrected chi connectivity index (χ2v) is 7.74. The zero-order chi connectivity index (χ0) is 15.3. The maximum Gasteiger partial charge on any atom is -0.0194 e. The van der Waals surface area contributed by atoms with Gasteiger partial charge in [-0.1, -0.05) is 103 Å². The third-order valence-electron chi connectivity index (χ3n) is 4.91. The Balaban J connectivity index is 1.67. The minimum absolute atomic E-state index is 0.897. The van der Waals surface area contributed by atoms with Crippen LogP contribution < -0.4 is 0 Å². The molecular weight excluding hydrogens is 252 g/mol. The normalized spacial score (nSPS) is 19.6. The topological polar surface area (TPSA) is 0 Å². The third kappa shape index (κ3) is 12.0. The Labute approximate surface area is 134 Å². The van der Waals surface area contributed by atoms with E-state index < -0.39 is 0 Å². The van der Waals surface area contributed by atoms with Crippen LogP contribution >= 0.6 is 0 Å². The van der Waals surface area contributed by atoms with Gasteiger partial charge in [-0.05, 0) is 31.1 Å². The first kappa shape index (κ1) is 18.8. The summed E-state index contributed by atoms with van der Waals surface area (Å²) in [6.07, 6.45) is 22.8. The summed E-state index contributed by atoms with van der Waals surface area (Å²) in [6, 6.07) is 0. The van der Waals surface area contributed by atoms with Gasteiger partial charge in [0, 0.05) is 0 Å². The van der Waals surface area contributed by atoms with E-state index in [0.29, 0.717) is 0 Å². The summed E-state index contributed by atoms with van der Waals surface area (Å²) in [4.78, 5) is 0. The monoisotopic (exact) mass is 292 g/mol. The number of hydrogen-bond donors (Lipinski definition) is 0. The molecule has 124 valence electrons. The Morgan fingerprint density at radius 3 is 1.67 bits per heavy atom. The molecule has 1 unspecified atom stereocenters. The van der Waals surface area contributed by atoms with E-state index in [1.54, 1.807) is 5.57 Å². The van der Waals surface area contributed by atoms with E-state index in [0.717, 1.165) is 11.8 Å². The summed E-state index contributed by atoms with van der Waals surface area (Å²) in [5.41, 5.74) is 1.73. The Bertz CT molecular complexity index is 261. The maximum absolute atomic E-state index is 2.50. The number of unbranched alkanes of at least 4 members (excludes halogenated alkanes) is 11. The molecule has 0 aromatic heterocycles. The van der Waals surface area contributed by atoms with E-state index in [2.05, 4.69) is 26.8 Å². The predicted molar refractivity (Wildman–Crippen MR) is 96.7 cm³/mol. The molecule has 1 aliphatic carbocycles. The highest BCUT2D eigenvalue weighted by Gasteiger charge is 2.22. The van der Waals surface area contributed by atoms with E-state index in [1.807, 2.05) is 0 Å². The van der Waals surface area contributed by atoms with Crippen LogP contribution in [0.25, 0.3) is 0 Å². The van der Waals surface area contributed by atoms with Crippen LogP contribution in [0.3, 0.4) is 0 Å². The van der Waals surface area contributed by atoms with Crippen molar-refractivity contribution in [1.29, 1.82) is 0 Å². The molecule has 1 rings (SSSR count).